The van der Waals surface area contributed by atoms with E-state index in [2.05, 4.69) is 15.9 Å². The second kappa shape index (κ2) is 3.71. The molecule has 0 spiro atoms. The van der Waals surface area contributed by atoms with Gasteiger partial charge in [0.15, 0.2) is 0 Å². The fourth-order valence-electron chi connectivity index (χ4n) is 0.906. The molecule has 0 heterocycles. The molecule has 1 rings (SSSR count). The van der Waals surface area contributed by atoms with Crippen LogP contribution in [-0.4, -0.2) is 11.6 Å². The fourth-order valence-corrected chi connectivity index (χ4v) is 1.37. The van der Waals surface area contributed by atoms with E-state index in [9.17, 15) is 4.79 Å². The van der Waals surface area contributed by atoms with Crippen LogP contribution in [0, 0.1) is 0 Å². The summed E-state index contributed by atoms with van der Waals surface area (Å²) in [4.78, 5) is 10.2. The lowest BCUT2D eigenvalue weighted by molar-refractivity contribution is -0.105. The van der Waals surface area contributed by atoms with Gasteiger partial charge in [0.25, 0.3) is 0 Å². The molecule has 0 aromatic carbocycles. The van der Waals surface area contributed by atoms with Crippen LogP contribution in [0.3, 0.4) is 0 Å². The molecular formula is C8H9BrO. The number of rotatable bonds is 2. The van der Waals surface area contributed by atoms with Crippen LogP contribution < -0.4 is 0 Å². The number of carbonyl (C=O) groups is 1. The summed E-state index contributed by atoms with van der Waals surface area (Å²) in [7, 11) is 0. The monoisotopic (exact) mass is 200 g/mol. The molecule has 0 amide bonds. The Kier molecular flexibility index (Phi) is 2.87. The zero-order valence-corrected chi connectivity index (χ0v) is 7.23. The minimum atomic E-state index is 0.904. The van der Waals surface area contributed by atoms with Crippen LogP contribution in [0.4, 0.5) is 0 Å². The van der Waals surface area contributed by atoms with E-state index in [1.54, 1.807) is 0 Å². The van der Waals surface area contributed by atoms with E-state index in [1.165, 1.54) is 5.57 Å². The molecule has 0 aromatic rings. The van der Waals surface area contributed by atoms with Gasteiger partial charge in [-0.25, -0.2) is 0 Å². The van der Waals surface area contributed by atoms with Crippen LogP contribution in [0.15, 0.2) is 23.3 Å². The second-order valence-electron chi connectivity index (χ2n) is 2.32. The van der Waals surface area contributed by atoms with Gasteiger partial charge in [-0.05, 0) is 18.4 Å². The smallest absolute Gasteiger partial charge is 0.146 e. The maximum atomic E-state index is 10.2. The molecule has 0 aromatic heterocycles. The van der Waals surface area contributed by atoms with Crippen molar-refractivity contribution in [3.05, 3.63) is 23.3 Å². The van der Waals surface area contributed by atoms with Crippen LogP contribution in [-0.2, 0) is 4.79 Å². The molecule has 10 heavy (non-hydrogen) atoms. The highest BCUT2D eigenvalue weighted by atomic mass is 79.9. The molecule has 0 bridgehead atoms. The van der Waals surface area contributed by atoms with Crippen molar-refractivity contribution in [2.75, 3.05) is 5.33 Å². The molecular weight excluding hydrogens is 192 g/mol. The summed E-state index contributed by atoms with van der Waals surface area (Å²) in [5.74, 6) is 0. The first-order chi connectivity index (χ1) is 4.86. The van der Waals surface area contributed by atoms with E-state index < -0.39 is 0 Å². The van der Waals surface area contributed by atoms with Crippen molar-refractivity contribution in [1.29, 1.82) is 0 Å². The number of hydrogen-bond donors (Lipinski definition) is 0. The number of halogens is 1. The van der Waals surface area contributed by atoms with Crippen LogP contribution in [0.1, 0.15) is 12.8 Å². The lowest BCUT2D eigenvalue weighted by Crippen LogP contribution is -1.94. The van der Waals surface area contributed by atoms with Crippen molar-refractivity contribution in [1.82, 2.24) is 0 Å². The summed E-state index contributed by atoms with van der Waals surface area (Å²) in [6.45, 7) is 0. The predicted molar refractivity (Wildman–Crippen MR) is 45.3 cm³/mol. The molecule has 1 nitrogen and oxygen atoms in total. The van der Waals surface area contributed by atoms with Crippen LogP contribution in [0.25, 0.3) is 0 Å². The Morgan fingerprint density at radius 3 is 2.70 bits per heavy atom. The van der Waals surface area contributed by atoms with Crippen LogP contribution in [0.5, 0.6) is 0 Å². The first-order valence-electron chi connectivity index (χ1n) is 3.26. The third kappa shape index (κ3) is 1.81. The number of allylic oxidation sites excluding steroid dienone is 4. The fraction of sp³-hybridized carbons (Fsp3) is 0.375. The molecule has 2 heteroatoms. The van der Waals surface area contributed by atoms with Gasteiger partial charge in [-0.3, -0.25) is 4.79 Å². The summed E-state index contributed by atoms with van der Waals surface area (Å²) in [6.07, 6.45) is 6.77. The molecule has 0 atom stereocenters. The van der Waals surface area contributed by atoms with Gasteiger partial charge in [-0.15, -0.1) is 0 Å². The quantitative estimate of drug-likeness (QED) is 0.494. The molecule has 0 saturated heterocycles. The van der Waals surface area contributed by atoms with E-state index >= 15 is 0 Å². The summed E-state index contributed by atoms with van der Waals surface area (Å²) < 4.78 is 0. The molecule has 0 unspecified atom stereocenters. The van der Waals surface area contributed by atoms with Gasteiger partial charge >= 0.3 is 0 Å². The minimum Gasteiger partial charge on any atom is -0.298 e. The first kappa shape index (κ1) is 7.73. The Hall–Kier alpha value is -0.370. The normalized spacial score (nSPS) is 17.7. The predicted octanol–water partition coefficient (Wildman–Crippen LogP) is 2.23. The van der Waals surface area contributed by atoms with Gasteiger partial charge in [0.1, 0.15) is 6.29 Å². The molecule has 0 fully saturated rings. The zero-order valence-electron chi connectivity index (χ0n) is 5.64. The maximum Gasteiger partial charge on any atom is 0.146 e. The Labute approximate surface area is 68.9 Å². The van der Waals surface area contributed by atoms with Gasteiger partial charge in [0, 0.05) is 5.33 Å². The van der Waals surface area contributed by atoms with Crippen molar-refractivity contribution in [3.8, 4) is 0 Å². The van der Waals surface area contributed by atoms with Crippen molar-refractivity contribution in [2.24, 2.45) is 0 Å². The maximum absolute atomic E-state index is 10.2. The SMILES string of the molecule is O=CC1=CC=C(CBr)CC1. The number of carbonyl (C=O) groups excluding carboxylic acids is 1. The molecule has 0 radical (unpaired) electrons. The molecule has 1 aliphatic rings. The summed E-state index contributed by atoms with van der Waals surface area (Å²) >= 11 is 3.37. The largest absolute Gasteiger partial charge is 0.298 e. The van der Waals surface area contributed by atoms with Gasteiger partial charge < -0.3 is 0 Å². The lowest BCUT2D eigenvalue weighted by Gasteiger charge is -2.07. The summed E-state index contributed by atoms with van der Waals surface area (Å²) in [6, 6.07) is 0. The molecule has 0 N–H and O–H groups in total. The van der Waals surface area contributed by atoms with Crippen molar-refractivity contribution in [3.63, 3.8) is 0 Å². The van der Waals surface area contributed by atoms with Crippen LogP contribution >= 0.6 is 15.9 Å². The molecule has 0 saturated carbocycles. The van der Waals surface area contributed by atoms with E-state index in [0.29, 0.717) is 0 Å². The third-order valence-corrected chi connectivity index (χ3v) is 2.31. The van der Waals surface area contributed by atoms with Gasteiger partial charge in [-0.2, -0.15) is 0 Å². The Balaban J connectivity index is 2.64. The molecule has 1 aliphatic carbocycles. The average molecular weight is 201 g/mol. The van der Waals surface area contributed by atoms with Crippen molar-refractivity contribution < 1.29 is 4.79 Å². The topological polar surface area (TPSA) is 17.1 Å². The molecule has 0 aliphatic heterocycles. The van der Waals surface area contributed by atoms with Gasteiger partial charge in [-0.1, -0.05) is 33.7 Å². The van der Waals surface area contributed by atoms with Crippen molar-refractivity contribution in [2.45, 2.75) is 12.8 Å². The van der Waals surface area contributed by atoms with Crippen LogP contribution in [0.2, 0.25) is 0 Å². The number of alkyl halides is 1. The van der Waals surface area contributed by atoms with Gasteiger partial charge in [0.05, 0.1) is 0 Å². The highest BCUT2D eigenvalue weighted by Crippen LogP contribution is 2.17. The average Bonchev–Trinajstić information content (AvgIpc) is 2.05. The Morgan fingerprint density at radius 1 is 1.50 bits per heavy atom. The zero-order chi connectivity index (χ0) is 7.40. The van der Waals surface area contributed by atoms with E-state index in [1.807, 2.05) is 12.2 Å². The van der Waals surface area contributed by atoms with E-state index in [-0.39, 0.29) is 0 Å². The van der Waals surface area contributed by atoms with Gasteiger partial charge in [0.2, 0.25) is 0 Å². The first-order valence-corrected chi connectivity index (χ1v) is 4.38. The van der Waals surface area contributed by atoms with E-state index in [4.69, 9.17) is 0 Å². The lowest BCUT2D eigenvalue weighted by atomic mass is 10.0. The Bertz CT molecular complexity index is 191. The minimum absolute atomic E-state index is 0.904. The molecule has 54 valence electrons. The summed E-state index contributed by atoms with van der Waals surface area (Å²) in [5.41, 5.74) is 2.27. The number of hydrogen-bond acceptors (Lipinski definition) is 1. The summed E-state index contributed by atoms with van der Waals surface area (Å²) in [5, 5.41) is 0.926. The van der Waals surface area contributed by atoms with Crippen molar-refractivity contribution >= 4 is 22.2 Å². The second-order valence-corrected chi connectivity index (χ2v) is 2.88. The highest BCUT2D eigenvalue weighted by Gasteiger charge is 2.02. The van der Waals surface area contributed by atoms with E-state index in [0.717, 1.165) is 30.0 Å². The third-order valence-electron chi connectivity index (χ3n) is 1.59. The Morgan fingerprint density at radius 2 is 2.30 bits per heavy atom. The highest BCUT2D eigenvalue weighted by molar-refractivity contribution is 9.09. The standard InChI is InChI=1S/C8H9BrO/c9-5-7-1-3-8(6-10)4-2-7/h1,3,6H,2,4-5H2. The number of aldehydes is 1.